The second-order valence-electron chi connectivity index (χ2n) is 6.87. The Morgan fingerprint density at radius 1 is 1.12 bits per heavy atom. The minimum atomic E-state index is -0.567. The van der Waals surface area contributed by atoms with Crippen LogP contribution >= 0.6 is 0 Å². The van der Waals surface area contributed by atoms with Gasteiger partial charge in [-0.05, 0) is 24.5 Å². The van der Waals surface area contributed by atoms with E-state index in [0.29, 0.717) is 18.9 Å². The molecule has 2 rings (SSSR count). The number of nitrogens with zero attached hydrogens (tertiary/aromatic N) is 2. The molecule has 0 radical (unpaired) electrons. The van der Waals surface area contributed by atoms with Crippen molar-refractivity contribution < 1.29 is 14.3 Å². The van der Waals surface area contributed by atoms with E-state index in [0.717, 1.165) is 26.2 Å². The first kappa shape index (κ1) is 19.2. The molecule has 1 heterocycles. The van der Waals surface area contributed by atoms with Crippen LogP contribution in [0.5, 0.6) is 0 Å². The molecule has 1 N–H and O–H groups in total. The van der Waals surface area contributed by atoms with Crippen molar-refractivity contribution in [2.75, 3.05) is 44.7 Å². The Morgan fingerprint density at radius 2 is 1.76 bits per heavy atom. The van der Waals surface area contributed by atoms with Crippen molar-refractivity contribution >= 4 is 17.6 Å². The van der Waals surface area contributed by atoms with E-state index in [9.17, 15) is 9.59 Å². The molecule has 0 saturated carbocycles. The van der Waals surface area contributed by atoms with Crippen molar-refractivity contribution in [2.45, 2.75) is 26.3 Å². The topological polar surface area (TPSA) is 61.9 Å². The predicted octanol–water partition coefficient (Wildman–Crippen LogP) is 1.51. The number of esters is 1. The molecule has 0 spiro atoms. The molecule has 1 aliphatic rings. The van der Waals surface area contributed by atoms with Gasteiger partial charge in [0.1, 0.15) is 6.04 Å². The minimum Gasteiger partial charge on any atom is -0.467 e. The predicted molar refractivity (Wildman–Crippen MR) is 98.5 cm³/mol. The van der Waals surface area contributed by atoms with Gasteiger partial charge in [0.25, 0.3) is 0 Å². The molecule has 25 heavy (non-hydrogen) atoms. The number of para-hydroxylation sites is 1. The lowest BCUT2D eigenvalue weighted by atomic mass is 10.0. The summed E-state index contributed by atoms with van der Waals surface area (Å²) in [6.45, 7) is 7.79. The van der Waals surface area contributed by atoms with Crippen LogP contribution in [0.1, 0.15) is 20.3 Å². The van der Waals surface area contributed by atoms with Gasteiger partial charge in [-0.15, -0.1) is 0 Å². The van der Waals surface area contributed by atoms with Gasteiger partial charge in [-0.3, -0.25) is 9.69 Å². The Kier molecular flexibility index (Phi) is 7.25. The van der Waals surface area contributed by atoms with Gasteiger partial charge in [-0.2, -0.15) is 0 Å². The Bertz CT molecular complexity index is 554. The number of carbonyl (C=O) groups is 2. The van der Waals surface area contributed by atoms with Crippen LogP contribution in [-0.2, 0) is 14.3 Å². The number of hydrogen-bond acceptors (Lipinski definition) is 5. The average molecular weight is 347 g/mol. The molecule has 1 fully saturated rings. The molecule has 1 aromatic carbocycles. The molecule has 1 unspecified atom stereocenters. The highest BCUT2D eigenvalue weighted by molar-refractivity contribution is 5.85. The number of hydrogen-bond donors (Lipinski definition) is 1. The highest BCUT2D eigenvalue weighted by atomic mass is 16.5. The molecule has 0 aliphatic carbocycles. The molecule has 1 aromatic rings. The number of ether oxygens (including phenoxy) is 1. The third-order valence-electron chi connectivity index (χ3n) is 4.39. The number of nitrogens with one attached hydrogen (secondary N) is 1. The van der Waals surface area contributed by atoms with Gasteiger partial charge in [0, 0.05) is 31.9 Å². The van der Waals surface area contributed by atoms with E-state index in [1.165, 1.54) is 12.8 Å². The maximum absolute atomic E-state index is 12.3. The van der Waals surface area contributed by atoms with Gasteiger partial charge >= 0.3 is 5.97 Å². The van der Waals surface area contributed by atoms with Crippen LogP contribution in [0, 0.1) is 5.92 Å². The molecule has 1 amide bonds. The smallest absolute Gasteiger partial charge is 0.328 e. The van der Waals surface area contributed by atoms with Crippen LogP contribution in [0.4, 0.5) is 5.69 Å². The summed E-state index contributed by atoms with van der Waals surface area (Å²) in [4.78, 5) is 28.6. The van der Waals surface area contributed by atoms with Crippen LogP contribution in [0.25, 0.3) is 0 Å². The number of anilines is 1. The summed E-state index contributed by atoms with van der Waals surface area (Å²) in [5.41, 5.74) is 1.22. The number of amides is 1. The highest BCUT2D eigenvalue weighted by Crippen LogP contribution is 2.15. The number of benzene rings is 1. The van der Waals surface area contributed by atoms with Crippen LogP contribution in [0.2, 0.25) is 0 Å². The molecule has 1 saturated heterocycles. The molecule has 1 atom stereocenters. The monoisotopic (exact) mass is 347 g/mol. The van der Waals surface area contributed by atoms with Gasteiger partial charge in [0.15, 0.2) is 0 Å². The van der Waals surface area contributed by atoms with Crippen molar-refractivity contribution in [3.8, 4) is 0 Å². The minimum absolute atomic E-state index is 0.121. The zero-order chi connectivity index (χ0) is 18.2. The Balaban J connectivity index is 1.80. The molecule has 0 aromatic heterocycles. The van der Waals surface area contributed by atoms with Gasteiger partial charge in [0.05, 0.1) is 13.7 Å². The maximum Gasteiger partial charge on any atom is 0.328 e. The lowest BCUT2D eigenvalue weighted by Crippen LogP contribution is -2.51. The zero-order valence-corrected chi connectivity index (χ0v) is 15.4. The largest absolute Gasteiger partial charge is 0.467 e. The van der Waals surface area contributed by atoms with Gasteiger partial charge in [-0.1, -0.05) is 32.0 Å². The van der Waals surface area contributed by atoms with E-state index in [-0.39, 0.29) is 11.9 Å². The number of carbonyl (C=O) groups excluding carboxylic acids is 2. The van der Waals surface area contributed by atoms with Crippen LogP contribution in [-0.4, -0.2) is 62.7 Å². The fourth-order valence-corrected chi connectivity index (χ4v) is 3.07. The Labute approximate surface area is 150 Å². The van der Waals surface area contributed by atoms with E-state index in [1.807, 2.05) is 32.0 Å². The molecule has 6 heteroatoms. The maximum atomic E-state index is 12.3. The lowest BCUT2D eigenvalue weighted by Gasteiger charge is -2.35. The third kappa shape index (κ3) is 6.05. The van der Waals surface area contributed by atoms with E-state index in [1.54, 1.807) is 0 Å². The second-order valence-corrected chi connectivity index (χ2v) is 6.87. The van der Waals surface area contributed by atoms with Crippen molar-refractivity contribution in [3.05, 3.63) is 30.3 Å². The summed E-state index contributed by atoms with van der Waals surface area (Å²) in [6.07, 6.45) is 0.584. The zero-order valence-electron chi connectivity index (χ0n) is 15.4. The summed E-state index contributed by atoms with van der Waals surface area (Å²) in [6, 6.07) is 9.74. The third-order valence-corrected chi connectivity index (χ3v) is 4.39. The summed E-state index contributed by atoms with van der Waals surface area (Å²) in [5, 5.41) is 2.82. The van der Waals surface area contributed by atoms with Gasteiger partial charge < -0.3 is 15.0 Å². The van der Waals surface area contributed by atoms with E-state index >= 15 is 0 Å². The Morgan fingerprint density at radius 3 is 2.32 bits per heavy atom. The summed E-state index contributed by atoms with van der Waals surface area (Å²) in [5.74, 6) is -0.195. The first-order chi connectivity index (χ1) is 12.0. The lowest BCUT2D eigenvalue weighted by molar-refractivity contribution is -0.145. The van der Waals surface area contributed by atoms with Crippen molar-refractivity contribution in [1.29, 1.82) is 0 Å². The average Bonchev–Trinajstić information content (AvgIpc) is 2.61. The van der Waals surface area contributed by atoms with E-state index in [4.69, 9.17) is 4.74 Å². The molecule has 6 nitrogen and oxygen atoms in total. The number of rotatable bonds is 7. The number of piperazine rings is 1. The molecule has 0 bridgehead atoms. The molecular formula is C19H29N3O3. The first-order valence-electron chi connectivity index (χ1n) is 8.89. The second kappa shape index (κ2) is 9.42. The first-order valence-corrected chi connectivity index (χ1v) is 8.89. The summed E-state index contributed by atoms with van der Waals surface area (Å²) >= 11 is 0. The number of methoxy groups -OCH3 is 1. The Hall–Kier alpha value is -2.08. The van der Waals surface area contributed by atoms with Crippen molar-refractivity contribution in [2.24, 2.45) is 5.92 Å². The van der Waals surface area contributed by atoms with Gasteiger partial charge in [-0.25, -0.2) is 4.79 Å². The van der Waals surface area contributed by atoms with Crippen LogP contribution in [0.15, 0.2) is 30.3 Å². The van der Waals surface area contributed by atoms with Crippen LogP contribution < -0.4 is 10.2 Å². The normalized spacial score (nSPS) is 16.6. The van der Waals surface area contributed by atoms with E-state index < -0.39 is 6.04 Å². The summed E-state index contributed by atoms with van der Waals surface area (Å²) < 4.78 is 4.79. The van der Waals surface area contributed by atoms with E-state index in [2.05, 4.69) is 27.2 Å². The van der Waals surface area contributed by atoms with Gasteiger partial charge in [0.2, 0.25) is 5.91 Å². The SMILES string of the molecule is COC(=O)C(CC(C)C)NC(=O)CN1CCN(c2ccccc2)CC1. The van der Waals surface area contributed by atoms with Crippen molar-refractivity contribution in [1.82, 2.24) is 10.2 Å². The quantitative estimate of drug-likeness (QED) is 0.758. The molecule has 138 valence electrons. The molecule has 1 aliphatic heterocycles. The molecular weight excluding hydrogens is 318 g/mol. The van der Waals surface area contributed by atoms with Crippen LogP contribution in [0.3, 0.4) is 0 Å². The fourth-order valence-electron chi connectivity index (χ4n) is 3.07. The summed E-state index contributed by atoms with van der Waals surface area (Å²) in [7, 11) is 1.35. The van der Waals surface area contributed by atoms with Crippen molar-refractivity contribution in [3.63, 3.8) is 0 Å². The standard InChI is InChI=1S/C19H29N3O3/c1-15(2)13-17(19(24)25-3)20-18(23)14-21-9-11-22(12-10-21)16-7-5-4-6-8-16/h4-8,15,17H,9-14H2,1-3H3,(H,20,23). The highest BCUT2D eigenvalue weighted by Gasteiger charge is 2.24. The fraction of sp³-hybridized carbons (Fsp3) is 0.579.